The molecule has 0 saturated carbocycles. The molecule has 2 aromatic rings. The van der Waals surface area contributed by atoms with Crippen LogP contribution in [-0.4, -0.2) is 21.3 Å². The number of cyclic esters (lactones) is 1. The zero-order chi connectivity index (χ0) is 15.1. The summed E-state index contributed by atoms with van der Waals surface area (Å²) in [5.41, 5.74) is -0.495. The summed E-state index contributed by atoms with van der Waals surface area (Å²) in [6, 6.07) is 7.02. The third kappa shape index (κ3) is 2.54. The highest BCUT2D eigenvalue weighted by Gasteiger charge is 2.55. The Balaban J connectivity index is 2.06. The fraction of sp³-hybridized carbons (Fsp3) is 0.333. The number of nitrogens with zero attached hydrogens (tertiary/aromatic N) is 2. The molecule has 5 nitrogen and oxygen atoms in total. The first-order valence-corrected chi connectivity index (χ1v) is 6.94. The van der Waals surface area contributed by atoms with Crippen molar-refractivity contribution in [1.29, 1.82) is 0 Å². The number of hydrogen-bond donors (Lipinski definition) is 0. The number of carbonyl (C=O) groups is 1. The van der Waals surface area contributed by atoms with Gasteiger partial charge in [-0.15, -0.1) is 0 Å². The van der Waals surface area contributed by atoms with Crippen LogP contribution in [0.1, 0.15) is 19.4 Å². The normalized spacial score (nSPS) is 24.0. The largest absolute Gasteiger partial charge is 0.431 e. The molecular weight excluding hydrogens is 292 g/mol. The Morgan fingerprint density at radius 3 is 2.52 bits per heavy atom. The van der Waals surface area contributed by atoms with E-state index in [2.05, 4.69) is 4.98 Å². The van der Waals surface area contributed by atoms with Gasteiger partial charge in [-0.05, 0) is 17.7 Å². The predicted octanol–water partition coefficient (Wildman–Crippen LogP) is 2.74. The second-order valence-electron chi connectivity index (χ2n) is 5.46. The van der Waals surface area contributed by atoms with Gasteiger partial charge in [-0.3, -0.25) is 0 Å². The zero-order valence-electron chi connectivity index (χ0n) is 11.7. The molecule has 1 atom stereocenters. The van der Waals surface area contributed by atoms with Gasteiger partial charge < -0.3 is 14.0 Å². The summed E-state index contributed by atoms with van der Waals surface area (Å²) in [6.45, 7) is 3.73. The summed E-state index contributed by atoms with van der Waals surface area (Å²) >= 11 is 5.93. The standard InChI is InChI=1S/C15H15ClN2O3/c1-14(2)20-13(19)15(21-14,9-18-8-7-17-10-18)11-3-5-12(16)6-4-11/h3-8,10H,9H2,1-2H3. The fourth-order valence-corrected chi connectivity index (χ4v) is 2.64. The summed E-state index contributed by atoms with van der Waals surface area (Å²) in [5.74, 6) is -1.39. The molecular formula is C15H15ClN2O3. The SMILES string of the molecule is CC1(C)OC(=O)C(Cn2ccnc2)(c2ccc(Cl)cc2)O1. The van der Waals surface area contributed by atoms with E-state index in [0.717, 1.165) is 0 Å². The third-order valence-electron chi connectivity index (χ3n) is 3.36. The van der Waals surface area contributed by atoms with E-state index >= 15 is 0 Å². The van der Waals surface area contributed by atoms with Gasteiger partial charge in [0.1, 0.15) is 0 Å². The topological polar surface area (TPSA) is 53.4 Å². The van der Waals surface area contributed by atoms with Crippen LogP contribution in [0.4, 0.5) is 0 Å². The van der Waals surface area contributed by atoms with Gasteiger partial charge in [0.2, 0.25) is 11.4 Å². The average molecular weight is 307 g/mol. The molecule has 0 amide bonds. The maximum absolute atomic E-state index is 12.5. The molecule has 1 saturated heterocycles. The number of halogens is 1. The first kappa shape index (κ1) is 14.1. The average Bonchev–Trinajstić information content (AvgIpc) is 2.97. The molecule has 0 N–H and O–H groups in total. The van der Waals surface area contributed by atoms with E-state index < -0.39 is 17.4 Å². The minimum Gasteiger partial charge on any atom is -0.431 e. The molecule has 1 aromatic heterocycles. The van der Waals surface area contributed by atoms with Crippen molar-refractivity contribution in [2.24, 2.45) is 0 Å². The van der Waals surface area contributed by atoms with Crippen molar-refractivity contribution >= 4 is 17.6 Å². The lowest BCUT2D eigenvalue weighted by molar-refractivity contribution is -0.169. The summed E-state index contributed by atoms with van der Waals surface area (Å²) < 4.78 is 13.1. The molecule has 0 aliphatic carbocycles. The van der Waals surface area contributed by atoms with E-state index in [-0.39, 0.29) is 6.54 Å². The number of rotatable bonds is 3. The Morgan fingerprint density at radius 1 is 1.29 bits per heavy atom. The van der Waals surface area contributed by atoms with E-state index in [1.165, 1.54) is 0 Å². The number of aromatic nitrogens is 2. The second kappa shape index (κ2) is 4.86. The first-order chi connectivity index (χ1) is 9.91. The number of esters is 1. The highest BCUT2D eigenvalue weighted by molar-refractivity contribution is 6.30. The van der Waals surface area contributed by atoms with Crippen molar-refractivity contribution in [2.45, 2.75) is 31.8 Å². The van der Waals surface area contributed by atoms with Crippen LogP contribution in [0.5, 0.6) is 0 Å². The molecule has 6 heteroatoms. The van der Waals surface area contributed by atoms with Gasteiger partial charge in [-0.2, -0.15) is 0 Å². The van der Waals surface area contributed by atoms with E-state index in [4.69, 9.17) is 21.1 Å². The highest BCUT2D eigenvalue weighted by Crippen LogP contribution is 2.41. The van der Waals surface area contributed by atoms with Gasteiger partial charge in [0.15, 0.2) is 0 Å². The van der Waals surface area contributed by atoms with Crippen LogP contribution in [-0.2, 0) is 26.4 Å². The van der Waals surface area contributed by atoms with Gasteiger partial charge in [0.25, 0.3) is 0 Å². The van der Waals surface area contributed by atoms with Crippen LogP contribution >= 0.6 is 11.6 Å². The number of imidazole rings is 1. The van der Waals surface area contributed by atoms with Crippen molar-refractivity contribution in [3.05, 3.63) is 53.6 Å². The Hall–Kier alpha value is -1.85. The number of hydrogen-bond acceptors (Lipinski definition) is 4. The molecule has 2 heterocycles. The molecule has 1 unspecified atom stereocenters. The minimum atomic E-state index is -1.20. The van der Waals surface area contributed by atoms with Gasteiger partial charge in [-0.25, -0.2) is 9.78 Å². The van der Waals surface area contributed by atoms with Crippen LogP contribution in [0.15, 0.2) is 43.0 Å². The molecule has 1 fully saturated rings. The molecule has 1 aliphatic rings. The first-order valence-electron chi connectivity index (χ1n) is 6.57. The third-order valence-corrected chi connectivity index (χ3v) is 3.62. The van der Waals surface area contributed by atoms with Crippen LogP contribution in [0.3, 0.4) is 0 Å². The molecule has 3 rings (SSSR count). The Kier molecular flexibility index (Phi) is 3.26. The predicted molar refractivity (Wildman–Crippen MR) is 76.6 cm³/mol. The molecule has 0 spiro atoms. The van der Waals surface area contributed by atoms with Gasteiger partial charge in [0.05, 0.1) is 12.9 Å². The number of benzene rings is 1. The van der Waals surface area contributed by atoms with Crippen molar-refractivity contribution in [2.75, 3.05) is 0 Å². The second-order valence-corrected chi connectivity index (χ2v) is 5.90. The van der Waals surface area contributed by atoms with E-state index in [9.17, 15) is 4.79 Å². The summed E-state index contributed by atoms with van der Waals surface area (Å²) in [4.78, 5) is 16.5. The van der Waals surface area contributed by atoms with Crippen molar-refractivity contribution in [3.63, 3.8) is 0 Å². The lowest BCUT2D eigenvalue weighted by atomic mass is 9.93. The van der Waals surface area contributed by atoms with Crippen LogP contribution < -0.4 is 0 Å². The molecule has 110 valence electrons. The fourth-order valence-electron chi connectivity index (χ4n) is 2.51. The quantitative estimate of drug-likeness (QED) is 0.818. The van der Waals surface area contributed by atoms with Crippen LogP contribution in [0.2, 0.25) is 5.02 Å². The van der Waals surface area contributed by atoms with E-state index in [1.54, 1.807) is 61.4 Å². The maximum atomic E-state index is 12.5. The van der Waals surface area contributed by atoms with Gasteiger partial charge in [-0.1, -0.05) is 23.7 Å². The highest BCUT2D eigenvalue weighted by atomic mass is 35.5. The maximum Gasteiger partial charge on any atom is 0.347 e. The lowest BCUT2D eigenvalue weighted by Crippen LogP contribution is -2.38. The molecule has 1 aliphatic heterocycles. The number of carbonyl (C=O) groups excluding carboxylic acids is 1. The summed E-state index contributed by atoms with van der Waals surface area (Å²) in [7, 11) is 0. The molecule has 0 radical (unpaired) electrons. The van der Waals surface area contributed by atoms with Crippen molar-refractivity contribution in [1.82, 2.24) is 9.55 Å². The van der Waals surface area contributed by atoms with Crippen molar-refractivity contribution < 1.29 is 14.3 Å². The van der Waals surface area contributed by atoms with E-state index in [0.29, 0.717) is 10.6 Å². The molecule has 1 aromatic carbocycles. The smallest absolute Gasteiger partial charge is 0.347 e. The van der Waals surface area contributed by atoms with Crippen LogP contribution in [0.25, 0.3) is 0 Å². The van der Waals surface area contributed by atoms with Gasteiger partial charge in [0, 0.05) is 31.3 Å². The molecule has 0 bridgehead atoms. The van der Waals surface area contributed by atoms with E-state index in [1.807, 2.05) is 0 Å². The Labute approximate surface area is 127 Å². The van der Waals surface area contributed by atoms with Crippen molar-refractivity contribution in [3.8, 4) is 0 Å². The monoisotopic (exact) mass is 306 g/mol. The Morgan fingerprint density at radius 2 is 2.00 bits per heavy atom. The summed E-state index contributed by atoms with van der Waals surface area (Å²) in [6.07, 6.45) is 5.07. The lowest BCUT2D eigenvalue weighted by Gasteiger charge is -2.27. The zero-order valence-corrected chi connectivity index (χ0v) is 12.5. The Bertz CT molecular complexity index is 652. The minimum absolute atomic E-state index is 0.289. The van der Waals surface area contributed by atoms with Gasteiger partial charge >= 0.3 is 5.97 Å². The molecule has 21 heavy (non-hydrogen) atoms. The van der Waals surface area contributed by atoms with Crippen LogP contribution in [0, 0.1) is 0 Å². The number of ether oxygens (including phenoxy) is 2. The summed E-state index contributed by atoms with van der Waals surface area (Å²) in [5, 5.41) is 0.599.